The van der Waals surface area contributed by atoms with Crippen molar-refractivity contribution in [2.24, 2.45) is 0 Å². The van der Waals surface area contributed by atoms with Crippen molar-refractivity contribution in [3.8, 4) is 5.75 Å². The van der Waals surface area contributed by atoms with Gasteiger partial charge in [0.15, 0.2) is 0 Å². The predicted octanol–water partition coefficient (Wildman–Crippen LogP) is 4.71. The van der Waals surface area contributed by atoms with Crippen LogP contribution in [-0.2, 0) is 26.2 Å². The number of nitrogens with zero attached hydrogens (tertiary/aromatic N) is 2. The van der Waals surface area contributed by atoms with Crippen molar-refractivity contribution < 1.29 is 22.7 Å². The predicted molar refractivity (Wildman–Crippen MR) is 154 cm³/mol. The van der Waals surface area contributed by atoms with Crippen LogP contribution >= 0.6 is 11.6 Å². The van der Waals surface area contributed by atoms with Gasteiger partial charge in [0.25, 0.3) is 10.0 Å². The summed E-state index contributed by atoms with van der Waals surface area (Å²) < 4.78 is 34.5. The van der Waals surface area contributed by atoms with E-state index in [9.17, 15) is 18.0 Å². The lowest BCUT2D eigenvalue weighted by Gasteiger charge is -2.32. The molecule has 1 atom stereocenters. The smallest absolute Gasteiger partial charge is 0.264 e. The summed E-state index contributed by atoms with van der Waals surface area (Å²) in [5.41, 5.74) is 2.65. The molecule has 0 aliphatic carbocycles. The number of hydrogen-bond acceptors (Lipinski definition) is 5. The fraction of sp³-hybridized carbons (Fsp3) is 0.310. The number of hydrogen-bond donors (Lipinski definition) is 1. The van der Waals surface area contributed by atoms with Gasteiger partial charge in [0.05, 0.1) is 17.7 Å². The van der Waals surface area contributed by atoms with E-state index in [0.29, 0.717) is 17.3 Å². The third-order valence-corrected chi connectivity index (χ3v) is 8.30. The molecule has 0 heterocycles. The van der Waals surface area contributed by atoms with Crippen LogP contribution in [0.5, 0.6) is 5.75 Å². The lowest BCUT2D eigenvalue weighted by atomic mass is 10.1. The molecule has 0 saturated carbocycles. The van der Waals surface area contributed by atoms with Gasteiger partial charge in [-0.15, -0.1) is 0 Å². The van der Waals surface area contributed by atoms with E-state index in [0.717, 1.165) is 21.0 Å². The molecule has 39 heavy (non-hydrogen) atoms. The molecule has 0 fully saturated rings. The topological polar surface area (TPSA) is 96.0 Å². The second kappa shape index (κ2) is 13.0. The maximum absolute atomic E-state index is 14.0. The molecular formula is C29H34ClN3O5S. The Balaban J connectivity index is 2.09. The molecule has 0 saturated heterocycles. The number of methoxy groups -OCH3 is 1. The Kier molecular flexibility index (Phi) is 9.99. The summed E-state index contributed by atoms with van der Waals surface area (Å²) >= 11 is 6.03. The van der Waals surface area contributed by atoms with E-state index in [1.54, 1.807) is 68.4 Å². The zero-order valence-corrected chi connectivity index (χ0v) is 24.3. The summed E-state index contributed by atoms with van der Waals surface area (Å²) in [5.74, 6) is -0.603. The highest BCUT2D eigenvalue weighted by Gasteiger charge is 2.33. The molecule has 0 spiro atoms. The second-order valence-electron chi connectivity index (χ2n) is 9.22. The monoisotopic (exact) mass is 571 g/mol. The largest absolute Gasteiger partial charge is 0.495 e. The quantitative estimate of drug-likeness (QED) is 0.359. The molecule has 8 nitrogen and oxygen atoms in total. The third kappa shape index (κ3) is 7.30. The summed E-state index contributed by atoms with van der Waals surface area (Å²) in [7, 11) is -2.75. The molecule has 2 amide bonds. The molecule has 1 N–H and O–H groups in total. The summed E-state index contributed by atoms with van der Waals surface area (Å²) in [6.45, 7) is 7.01. The van der Waals surface area contributed by atoms with Crippen LogP contribution in [0.3, 0.4) is 0 Å². The van der Waals surface area contributed by atoms with Crippen LogP contribution in [0.15, 0.2) is 71.6 Å². The molecule has 0 aromatic heterocycles. The van der Waals surface area contributed by atoms with Crippen molar-refractivity contribution in [2.75, 3.05) is 24.5 Å². The summed E-state index contributed by atoms with van der Waals surface area (Å²) in [5, 5.41) is 3.28. The number of benzene rings is 3. The first kappa shape index (κ1) is 30.0. The van der Waals surface area contributed by atoms with E-state index in [2.05, 4.69) is 5.32 Å². The fourth-order valence-electron chi connectivity index (χ4n) is 4.04. The average Bonchev–Trinajstić information content (AvgIpc) is 2.91. The van der Waals surface area contributed by atoms with E-state index in [1.165, 1.54) is 24.1 Å². The van der Waals surface area contributed by atoms with Gasteiger partial charge in [-0.3, -0.25) is 13.9 Å². The van der Waals surface area contributed by atoms with Crippen LogP contribution in [-0.4, -0.2) is 51.4 Å². The molecule has 3 aromatic carbocycles. The molecule has 0 bridgehead atoms. The minimum Gasteiger partial charge on any atom is -0.495 e. The van der Waals surface area contributed by atoms with Crippen molar-refractivity contribution in [2.45, 2.75) is 45.2 Å². The number of ether oxygens (including phenoxy) is 1. The van der Waals surface area contributed by atoms with Gasteiger partial charge in [0, 0.05) is 18.1 Å². The van der Waals surface area contributed by atoms with Gasteiger partial charge in [-0.1, -0.05) is 47.5 Å². The van der Waals surface area contributed by atoms with Crippen molar-refractivity contribution in [1.29, 1.82) is 0 Å². The highest BCUT2D eigenvalue weighted by atomic mass is 35.5. The Morgan fingerprint density at radius 1 is 0.974 bits per heavy atom. The average molecular weight is 572 g/mol. The first-order valence-corrected chi connectivity index (χ1v) is 14.4. The Morgan fingerprint density at radius 2 is 1.59 bits per heavy atom. The molecule has 0 radical (unpaired) electrons. The van der Waals surface area contributed by atoms with E-state index >= 15 is 0 Å². The Labute approximate surface area is 235 Å². The highest BCUT2D eigenvalue weighted by Crippen LogP contribution is 2.34. The van der Waals surface area contributed by atoms with Crippen molar-refractivity contribution in [3.05, 3.63) is 88.4 Å². The zero-order valence-electron chi connectivity index (χ0n) is 22.8. The first-order valence-electron chi connectivity index (χ1n) is 12.5. The van der Waals surface area contributed by atoms with Crippen LogP contribution in [0.1, 0.15) is 30.5 Å². The number of amides is 2. The van der Waals surface area contributed by atoms with E-state index < -0.39 is 28.5 Å². The Bertz CT molecular complexity index is 1410. The molecule has 0 unspecified atom stereocenters. The number of halogens is 1. The number of sulfonamides is 1. The van der Waals surface area contributed by atoms with Crippen LogP contribution in [0.25, 0.3) is 0 Å². The molecular weight excluding hydrogens is 538 g/mol. The minimum absolute atomic E-state index is 0.0329. The molecule has 3 rings (SSSR count). The van der Waals surface area contributed by atoms with Gasteiger partial charge < -0.3 is 15.0 Å². The van der Waals surface area contributed by atoms with Crippen molar-refractivity contribution >= 4 is 39.1 Å². The van der Waals surface area contributed by atoms with Gasteiger partial charge in [-0.25, -0.2) is 8.42 Å². The van der Waals surface area contributed by atoms with Gasteiger partial charge in [-0.05, 0) is 75.2 Å². The molecule has 0 aliphatic heterocycles. The van der Waals surface area contributed by atoms with Crippen LogP contribution in [0.2, 0.25) is 5.02 Å². The Hall–Kier alpha value is -3.56. The van der Waals surface area contributed by atoms with Crippen LogP contribution < -0.4 is 14.4 Å². The van der Waals surface area contributed by atoms with E-state index in [1.807, 2.05) is 13.8 Å². The van der Waals surface area contributed by atoms with Gasteiger partial charge >= 0.3 is 0 Å². The first-order chi connectivity index (χ1) is 18.5. The molecule has 3 aromatic rings. The number of aryl methyl sites for hydroxylation is 2. The van der Waals surface area contributed by atoms with Gasteiger partial charge in [0.2, 0.25) is 11.8 Å². The van der Waals surface area contributed by atoms with Crippen LogP contribution in [0, 0.1) is 13.8 Å². The van der Waals surface area contributed by atoms with Crippen molar-refractivity contribution in [1.82, 2.24) is 10.2 Å². The number of carbonyl (C=O) groups is 2. The van der Waals surface area contributed by atoms with E-state index in [4.69, 9.17) is 16.3 Å². The number of carbonyl (C=O) groups excluding carboxylic acids is 2. The number of anilines is 1. The lowest BCUT2D eigenvalue weighted by Crippen LogP contribution is -2.51. The lowest BCUT2D eigenvalue weighted by molar-refractivity contribution is -0.139. The van der Waals surface area contributed by atoms with Crippen molar-refractivity contribution in [3.63, 3.8) is 0 Å². The van der Waals surface area contributed by atoms with Crippen LogP contribution in [0.4, 0.5) is 5.69 Å². The number of nitrogens with one attached hydrogen (secondary N) is 1. The molecule has 208 valence electrons. The molecule has 0 aliphatic rings. The maximum Gasteiger partial charge on any atom is 0.264 e. The summed E-state index contributed by atoms with van der Waals surface area (Å²) in [4.78, 5) is 28.1. The Morgan fingerprint density at radius 3 is 2.18 bits per heavy atom. The minimum atomic E-state index is -4.20. The SMILES string of the molecule is CCNC(=O)[C@H](C)N(Cc1ccc(Cl)cc1)C(=O)CN(c1cc(C)ccc1OC)S(=O)(=O)c1ccc(C)cc1. The highest BCUT2D eigenvalue weighted by molar-refractivity contribution is 7.92. The van der Waals surface area contributed by atoms with Gasteiger partial charge in [0.1, 0.15) is 18.3 Å². The molecule has 10 heteroatoms. The fourth-order valence-corrected chi connectivity index (χ4v) is 5.58. The van der Waals surface area contributed by atoms with Gasteiger partial charge in [-0.2, -0.15) is 0 Å². The second-order valence-corrected chi connectivity index (χ2v) is 11.5. The third-order valence-electron chi connectivity index (χ3n) is 6.28. The number of likely N-dealkylation sites (N-methyl/N-ethyl adjacent to an activating group) is 1. The maximum atomic E-state index is 14.0. The normalized spacial score (nSPS) is 11.9. The van der Waals surface area contributed by atoms with E-state index in [-0.39, 0.29) is 23.0 Å². The zero-order chi connectivity index (χ0) is 28.7. The number of rotatable bonds is 11. The summed E-state index contributed by atoms with van der Waals surface area (Å²) in [6, 6.07) is 17.6. The standard InChI is InChI=1S/C29H34ClN3O5S/c1-6-31-29(35)22(4)32(18-23-10-12-24(30)13-11-23)28(34)19-33(26-17-21(3)9-16-27(26)38-5)39(36,37)25-14-7-20(2)8-15-25/h7-17,22H,6,18-19H2,1-5H3,(H,31,35)/t22-/m0/s1. The summed E-state index contributed by atoms with van der Waals surface area (Å²) in [6.07, 6.45) is 0.